The average Bonchev–Trinajstić information content (AvgIpc) is 1.99. The highest BCUT2D eigenvalue weighted by Gasteiger charge is 2.51. The van der Waals surface area contributed by atoms with E-state index in [2.05, 4.69) is 20.8 Å². The number of rotatable bonds is 3. The van der Waals surface area contributed by atoms with E-state index in [1.165, 1.54) is 0 Å². The minimum atomic E-state index is -2.35. The molecule has 0 amide bonds. The Balaban J connectivity index is 2.50. The Kier molecular flexibility index (Phi) is 2.46. The van der Waals surface area contributed by atoms with Crippen molar-refractivity contribution >= 4 is 0 Å². The molecule has 0 aromatic rings. The highest BCUT2D eigenvalue weighted by atomic mass is 19.3. The first-order valence-corrected chi connectivity index (χ1v) is 4.81. The third-order valence-electron chi connectivity index (χ3n) is 3.69. The molecule has 0 N–H and O–H groups in total. The van der Waals surface area contributed by atoms with Crippen LogP contribution in [0.15, 0.2) is 0 Å². The second-order valence-corrected chi connectivity index (χ2v) is 4.32. The van der Waals surface area contributed by atoms with Crippen LogP contribution in [0.4, 0.5) is 8.78 Å². The second kappa shape index (κ2) is 2.97. The van der Waals surface area contributed by atoms with E-state index in [0.717, 1.165) is 12.8 Å². The van der Waals surface area contributed by atoms with Crippen LogP contribution in [-0.2, 0) is 0 Å². The summed E-state index contributed by atoms with van der Waals surface area (Å²) in [5, 5.41) is 0. The maximum atomic E-state index is 12.6. The summed E-state index contributed by atoms with van der Waals surface area (Å²) < 4.78 is 25.2. The van der Waals surface area contributed by atoms with Gasteiger partial charge in [0.25, 0.3) is 0 Å². The molecule has 1 fully saturated rings. The maximum absolute atomic E-state index is 12.6. The minimum Gasteiger partial charge on any atom is -0.207 e. The van der Waals surface area contributed by atoms with Gasteiger partial charge in [-0.05, 0) is 11.3 Å². The monoisotopic (exact) mass is 176 g/mol. The average molecular weight is 176 g/mol. The van der Waals surface area contributed by atoms with Crippen LogP contribution in [0.2, 0.25) is 0 Å². The molecule has 0 aromatic heterocycles. The van der Waals surface area contributed by atoms with Gasteiger partial charge in [0.1, 0.15) is 0 Å². The van der Waals surface area contributed by atoms with Gasteiger partial charge < -0.3 is 0 Å². The fraction of sp³-hybridized carbons (Fsp3) is 1.00. The van der Waals surface area contributed by atoms with E-state index in [-0.39, 0.29) is 24.2 Å². The van der Waals surface area contributed by atoms with E-state index >= 15 is 0 Å². The van der Waals surface area contributed by atoms with Crippen molar-refractivity contribution in [3.63, 3.8) is 0 Å². The first-order chi connectivity index (χ1) is 5.43. The van der Waals surface area contributed by atoms with Gasteiger partial charge in [0.05, 0.1) is 0 Å². The lowest BCUT2D eigenvalue weighted by atomic mass is 9.62. The van der Waals surface area contributed by atoms with E-state index < -0.39 is 5.92 Å². The van der Waals surface area contributed by atoms with Crippen LogP contribution in [0.3, 0.4) is 0 Å². The van der Waals surface area contributed by atoms with Crippen LogP contribution in [-0.4, -0.2) is 5.92 Å². The molecule has 2 heteroatoms. The maximum Gasteiger partial charge on any atom is 0.248 e. The summed E-state index contributed by atoms with van der Waals surface area (Å²) in [4.78, 5) is 0. The van der Waals surface area contributed by atoms with E-state index in [1.807, 2.05) is 0 Å². The number of halogens is 2. The van der Waals surface area contributed by atoms with Crippen molar-refractivity contribution in [3.05, 3.63) is 0 Å². The largest absolute Gasteiger partial charge is 0.248 e. The van der Waals surface area contributed by atoms with Crippen molar-refractivity contribution in [2.24, 2.45) is 11.3 Å². The Morgan fingerprint density at radius 2 is 1.67 bits per heavy atom. The van der Waals surface area contributed by atoms with Crippen LogP contribution >= 0.6 is 0 Å². The predicted octanol–water partition coefficient (Wildman–Crippen LogP) is 3.86. The molecule has 0 nitrogen and oxygen atoms in total. The van der Waals surface area contributed by atoms with Crippen molar-refractivity contribution in [1.29, 1.82) is 0 Å². The summed E-state index contributed by atoms with van der Waals surface area (Å²) in [6.45, 7) is 6.33. The lowest BCUT2D eigenvalue weighted by Crippen LogP contribution is -2.44. The van der Waals surface area contributed by atoms with Gasteiger partial charge in [-0.3, -0.25) is 0 Å². The quantitative estimate of drug-likeness (QED) is 0.612. The first-order valence-electron chi connectivity index (χ1n) is 4.81. The van der Waals surface area contributed by atoms with Gasteiger partial charge in [-0.1, -0.05) is 33.6 Å². The van der Waals surface area contributed by atoms with Gasteiger partial charge in [-0.2, -0.15) is 0 Å². The molecule has 0 saturated heterocycles. The SMILES string of the molecule is CCC(C)(CC)C1CC(F)(F)C1. The summed E-state index contributed by atoms with van der Waals surface area (Å²) in [5.74, 6) is -2.10. The molecule has 1 rings (SSSR count). The Morgan fingerprint density at radius 3 is 1.92 bits per heavy atom. The van der Waals surface area contributed by atoms with Gasteiger partial charge in [-0.25, -0.2) is 8.78 Å². The van der Waals surface area contributed by atoms with Crippen LogP contribution in [0, 0.1) is 11.3 Å². The second-order valence-electron chi connectivity index (χ2n) is 4.32. The molecule has 0 spiro atoms. The molecule has 0 unspecified atom stereocenters. The van der Waals surface area contributed by atoms with Crippen molar-refractivity contribution < 1.29 is 8.78 Å². The zero-order valence-corrected chi connectivity index (χ0v) is 8.16. The lowest BCUT2D eigenvalue weighted by molar-refractivity contribution is -0.146. The van der Waals surface area contributed by atoms with E-state index in [9.17, 15) is 8.78 Å². The van der Waals surface area contributed by atoms with Gasteiger partial charge >= 0.3 is 0 Å². The number of hydrogen-bond donors (Lipinski definition) is 0. The molecule has 0 aromatic carbocycles. The highest BCUT2D eigenvalue weighted by Crippen LogP contribution is 2.53. The molecule has 0 aliphatic heterocycles. The van der Waals surface area contributed by atoms with Crippen molar-refractivity contribution in [3.8, 4) is 0 Å². The third kappa shape index (κ3) is 1.62. The topological polar surface area (TPSA) is 0 Å². The number of alkyl halides is 2. The molecule has 0 atom stereocenters. The summed E-state index contributed by atoms with van der Waals surface area (Å²) in [5.41, 5.74) is 0.154. The molecular formula is C10H18F2. The smallest absolute Gasteiger partial charge is 0.207 e. The molecule has 12 heavy (non-hydrogen) atoms. The summed E-state index contributed by atoms with van der Waals surface area (Å²) in [6, 6.07) is 0. The Morgan fingerprint density at radius 1 is 1.25 bits per heavy atom. The summed E-state index contributed by atoms with van der Waals surface area (Å²) in [6.07, 6.45) is 2.27. The Hall–Kier alpha value is -0.140. The molecule has 72 valence electrons. The molecule has 1 aliphatic rings. The number of hydrogen-bond acceptors (Lipinski definition) is 0. The Bertz CT molecular complexity index is 151. The molecule has 0 bridgehead atoms. The normalized spacial score (nSPS) is 23.8. The van der Waals surface area contributed by atoms with Crippen molar-refractivity contribution in [1.82, 2.24) is 0 Å². The molecule has 0 heterocycles. The molecular weight excluding hydrogens is 158 g/mol. The van der Waals surface area contributed by atoms with Crippen molar-refractivity contribution in [2.45, 2.75) is 52.4 Å². The van der Waals surface area contributed by atoms with E-state index in [4.69, 9.17) is 0 Å². The first kappa shape index (κ1) is 9.94. The molecule has 0 radical (unpaired) electrons. The third-order valence-corrected chi connectivity index (χ3v) is 3.69. The van der Waals surface area contributed by atoms with E-state index in [1.54, 1.807) is 0 Å². The van der Waals surface area contributed by atoms with Gasteiger partial charge in [0.2, 0.25) is 5.92 Å². The Labute approximate surface area is 73.3 Å². The van der Waals surface area contributed by atoms with E-state index in [0.29, 0.717) is 0 Å². The standard InChI is InChI=1S/C10H18F2/c1-4-9(3,5-2)8-6-10(11,12)7-8/h8H,4-7H2,1-3H3. The molecule has 1 aliphatic carbocycles. The summed E-state index contributed by atoms with van der Waals surface area (Å²) in [7, 11) is 0. The van der Waals surface area contributed by atoms with Crippen molar-refractivity contribution in [2.75, 3.05) is 0 Å². The fourth-order valence-corrected chi connectivity index (χ4v) is 1.98. The fourth-order valence-electron chi connectivity index (χ4n) is 1.98. The van der Waals surface area contributed by atoms with Gasteiger partial charge in [0.15, 0.2) is 0 Å². The minimum absolute atomic E-state index is 0.116. The van der Waals surface area contributed by atoms with Crippen LogP contribution in [0.25, 0.3) is 0 Å². The zero-order chi connectivity index (χ0) is 9.41. The van der Waals surface area contributed by atoms with Gasteiger partial charge in [-0.15, -0.1) is 0 Å². The predicted molar refractivity (Wildman–Crippen MR) is 46.4 cm³/mol. The highest BCUT2D eigenvalue weighted by molar-refractivity contribution is 4.94. The molecule has 1 saturated carbocycles. The van der Waals surface area contributed by atoms with Crippen LogP contribution in [0.1, 0.15) is 46.5 Å². The summed E-state index contributed by atoms with van der Waals surface area (Å²) >= 11 is 0. The van der Waals surface area contributed by atoms with Gasteiger partial charge in [0, 0.05) is 12.8 Å². The van der Waals surface area contributed by atoms with Crippen LogP contribution < -0.4 is 0 Å². The zero-order valence-electron chi connectivity index (χ0n) is 8.16. The van der Waals surface area contributed by atoms with Crippen LogP contribution in [0.5, 0.6) is 0 Å². The lowest BCUT2D eigenvalue weighted by Gasteiger charge is -2.46.